The molecule has 0 aliphatic carbocycles. The van der Waals surface area contributed by atoms with Gasteiger partial charge in [0.15, 0.2) is 0 Å². The highest BCUT2D eigenvalue weighted by molar-refractivity contribution is 5.85. The van der Waals surface area contributed by atoms with E-state index in [4.69, 9.17) is 0 Å². The molecular weight excluding hydrogens is 333 g/mol. The Morgan fingerprint density at radius 2 is 1.74 bits per heavy atom. The Morgan fingerprint density at radius 1 is 1.13 bits per heavy atom. The van der Waals surface area contributed by atoms with Gasteiger partial charge in [0.25, 0.3) is 0 Å². The number of nitrogens with one attached hydrogen (secondary N) is 1. The van der Waals surface area contributed by atoms with Gasteiger partial charge in [0.05, 0.1) is 0 Å². The topological polar surface area (TPSA) is 35.6 Å². The zero-order valence-electron chi connectivity index (χ0n) is 13.8. The fourth-order valence-electron chi connectivity index (χ4n) is 3.24. The Kier molecular flexibility index (Phi) is 7.65. The van der Waals surface area contributed by atoms with Gasteiger partial charge in [-0.2, -0.15) is 0 Å². The first kappa shape index (κ1) is 20.1. The first-order valence-electron chi connectivity index (χ1n) is 7.97. The Balaban J connectivity index is 0.00000132. The highest BCUT2D eigenvalue weighted by Gasteiger charge is 2.32. The van der Waals surface area contributed by atoms with Crippen LogP contribution in [0.3, 0.4) is 0 Å². The minimum absolute atomic E-state index is 0. The van der Waals surface area contributed by atoms with E-state index in [0.717, 1.165) is 39.3 Å². The van der Waals surface area contributed by atoms with E-state index in [1.165, 1.54) is 11.3 Å². The second kappa shape index (κ2) is 8.76. The van der Waals surface area contributed by atoms with Gasteiger partial charge in [-0.25, -0.2) is 0 Å². The van der Waals surface area contributed by atoms with Crippen molar-refractivity contribution in [2.75, 3.05) is 44.2 Å². The Labute approximate surface area is 151 Å². The number of benzene rings is 1. The van der Waals surface area contributed by atoms with Crippen molar-refractivity contribution in [3.05, 3.63) is 29.8 Å². The zero-order valence-corrected chi connectivity index (χ0v) is 15.5. The minimum Gasteiger partial charge on any atom is -0.368 e. The summed E-state index contributed by atoms with van der Waals surface area (Å²) in [6.07, 6.45) is 0. The maximum atomic E-state index is 12.5. The van der Waals surface area contributed by atoms with Gasteiger partial charge in [-0.1, -0.05) is 25.1 Å². The summed E-state index contributed by atoms with van der Waals surface area (Å²) < 4.78 is 0. The molecule has 1 unspecified atom stereocenters. The van der Waals surface area contributed by atoms with Gasteiger partial charge < -0.3 is 15.1 Å². The third-order valence-electron chi connectivity index (χ3n) is 4.96. The van der Waals surface area contributed by atoms with Crippen molar-refractivity contribution in [3.8, 4) is 0 Å². The summed E-state index contributed by atoms with van der Waals surface area (Å²) in [4.78, 5) is 17.0. The average molecular weight is 360 g/mol. The van der Waals surface area contributed by atoms with Crippen molar-refractivity contribution in [1.82, 2.24) is 10.2 Å². The van der Waals surface area contributed by atoms with Crippen molar-refractivity contribution in [3.63, 3.8) is 0 Å². The lowest BCUT2D eigenvalue weighted by molar-refractivity contribution is -0.137. The number of amides is 1. The molecule has 0 aromatic heterocycles. The number of nitrogens with zero attached hydrogens (tertiary/aromatic N) is 2. The van der Waals surface area contributed by atoms with Gasteiger partial charge in [0, 0.05) is 37.8 Å². The lowest BCUT2D eigenvalue weighted by Gasteiger charge is -2.40. The molecule has 2 aliphatic heterocycles. The standard InChI is InChI=1S/C17H25N3O.2ClH/c1-13-5-3-4-6-16(13)19-7-9-20(10-8-19)17(21)14(2)15-11-18-12-15;;/h3-6,14-15,18H,7-12H2,1-2H3;2*1H. The van der Waals surface area contributed by atoms with Crippen LogP contribution in [0.5, 0.6) is 0 Å². The summed E-state index contributed by atoms with van der Waals surface area (Å²) >= 11 is 0. The number of hydrogen-bond acceptors (Lipinski definition) is 3. The van der Waals surface area contributed by atoms with Crippen molar-refractivity contribution in [2.24, 2.45) is 11.8 Å². The second-order valence-corrected chi connectivity index (χ2v) is 6.31. The Hall–Kier alpha value is -0.970. The van der Waals surface area contributed by atoms with E-state index in [-0.39, 0.29) is 30.7 Å². The molecule has 1 atom stereocenters. The molecule has 0 saturated carbocycles. The predicted molar refractivity (Wildman–Crippen MR) is 100.0 cm³/mol. The van der Waals surface area contributed by atoms with E-state index in [1.54, 1.807) is 0 Å². The van der Waals surface area contributed by atoms with Crippen LogP contribution in [0.1, 0.15) is 12.5 Å². The van der Waals surface area contributed by atoms with E-state index in [2.05, 4.69) is 53.2 Å². The van der Waals surface area contributed by atoms with Crippen LogP contribution in [0.15, 0.2) is 24.3 Å². The normalized spacial score (nSPS) is 19.2. The van der Waals surface area contributed by atoms with Gasteiger partial charge in [-0.15, -0.1) is 24.8 Å². The Morgan fingerprint density at radius 3 is 2.26 bits per heavy atom. The first-order valence-corrected chi connectivity index (χ1v) is 7.97. The highest BCUT2D eigenvalue weighted by atomic mass is 35.5. The smallest absolute Gasteiger partial charge is 0.225 e. The Bertz CT molecular complexity index is 514. The third-order valence-corrected chi connectivity index (χ3v) is 4.96. The molecule has 2 aliphatic rings. The number of piperazine rings is 1. The van der Waals surface area contributed by atoms with Crippen LogP contribution in [0, 0.1) is 18.8 Å². The molecule has 1 amide bonds. The molecule has 1 N–H and O–H groups in total. The van der Waals surface area contributed by atoms with E-state index in [9.17, 15) is 4.79 Å². The van der Waals surface area contributed by atoms with Gasteiger partial charge >= 0.3 is 0 Å². The molecule has 2 heterocycles. The molecule has 4 nitrogen and oxygen atoms in total. The van der Waals surface area contributed by atoms with Crippen molar-refractivity contribution >= 4 is 36.4 Å². The van der Waals surface area contributed by atoms with Gasteiger partial charge in [-0.05, 0) is 37.6 Å². The quantitative estimate of drug-likeness (QED) is 0.899. The molecule has 130 valence electrons. The molecule has 1 aromatic rings. The fraction of sp³-hybridized carbons (Fsp3) is 0.588. The van der Waals surface area contributed by atoms with E-state index < -0.39 is 0 Å². The number of carbonyl (C=O) groups excluding carboxylic acids is 1. The van der Waals surface area contributed by atoms with Crippen LogP contribution in [-0.2, 0) is 4.79 Å². The fourth-order valence-corrected chi connectivity index (χ4v) is 3.24. The number of hydrogen-bond donors (Lipinski definition) is 1. The number of halogens is 2. The number of para-hydroxylation sites is 1. The minimum atomic E-state index is 0. The summed E-state index contributed by atoms with van der Waals surface area (Å²) in [5.74, 6) is 1.04. The van der Waals surface area contributed by atoms with E-state index in [1.807, 2.05) is 0 Å². The molecule has 0 bridgehead atoms. The monoisotopic (exact) mass is 359 g/mol. The van der Waals surface area contributed by atoms with E-state index in [0.29, 0.717) is 11.8 Å². The first-order chi connectivity index (χ1) is 10.2. The van der Waals surface area contributed by atoms with Crippen LogP contribution < -0.4 is 10.2 Å². The molecule has 23 heavy (non-hydrogen) atoms. The maximum absolute atomic E-state index is 12.5. The maximum Gasteiger partial charge on any atom is 0.225 e. The predicted octanol–water partition coefficient (Wildman–Crippen LogP) is 2.34. The summed E-state index contributed by atoms with van der Waals surface area (Å²) in [6, 6.07) is 8.49. The molecule has 1 aromatic carbocycles. The van der Waals surface area contributed by atoms with Crippen LogP contribution in [0.25, 0.3) is 0 Å². The summed E-state index contributed by atoms with van der Waals surface area (Å²) in [5, 5.41) is 3.26. The highest BCUT2D eigenvalue weighted by Crippen LogP contribution is 2.23. The SMILES string of the molecule is Cc1ccccc1N1CCN(C(=O)C(C)C2CNC2)CC1.Cl.Cl. The van der Waals surface area contributed by atoms with E-state index >= 15 is 0 Å². The van der Waals surface area contributed by atoms with Gasteiger partial charge in [0.2, 0.25) is 5.91 Å². The van der Waals surface area contributed by atoms with Gasteiger partial charge in [-0.3, -0.25) is 4.79 Å². The summed E-state index contributed by atoms with van der Waals surface area (Å²) in [6.45, 7) is 9.79. The molecule has 0 radical (unpaired) electrons. The molecule has 0 spiro atoms. The van der Waals surface area contributed by atoms with Crippen molar-refractivity contribution in [1.29, 1.82) is 0 Å². The largest absolute Gasteiger partial charge is 0.368 e. The number of carbonyl (C=O) groups is 1. The van der Waals surface area contributed by atoms with Crippen molar-refractivity contribution < 1.29 is 4.79 Å². The molecule has 6 heteroatoms. The lowest BCUT2D eigenvalue weighted by atomic mass is 9.88. The third kappa shape index (κ3) is 4.31. The van der Waals surface area contributed by atoms with Gasteiger partial charge in [0.1, 0.15) is 0 Å². The average Bonchev–Trinajstić information content (AvgIpc) is 2.45. The van der Waals surface area contributed by atoms with Crippen LogP contribution in [0.4, 0.5) is 5.69 Å². The summed E-state index contributed by atoms with van der Waals surface area (Å²) in [7, 11) is 0. The second-order valence-electron chi connectivity index (χ2n) is 6.31. The number of rotatable bonds is 3. The van der Waals surface area contributed by atoms with Crippen LogP contribution >= 0.6 is 24.8 Å². The molecule has 2 fully saturated rings. The summed E-state index contributed by atoms with van der Waals surface area (Å²) in [5.41, 5.74) is 2.62. The molecule has 2 saturated heterocycles. The lowest BCUT2D eigenvalue weighted by Crippen LogP contribution is -2.54. The number of anilines is 1. The van der Waals surface area contributed by atoms with Crippen molar-refractivity contribution in [2.45, 2.75) is 13.8 Å². The molecule has 3 rings (SSSR count). The van der Waals surface area contributed by atoms with Crippen LogP contribution in [0.2, 0.25) is 0 Å². The van der Waals surface area contributed by atoms with Crippen LogP contribution in [-0.4, -0.2) is 50.1 Å². The molecular formula is C17H27Cl2N3O. The number of aryl methyl sites for hydroxylation is 1. The zero-order chi connectivity index (χ0) is 14.8.